The SMILES string of the molecule is Cc1cccc(NC(=O)N[C@@H]2CCCN(c3cnc(C(N)=O)c(Nc4cc(C)ns4)n3)C2)c1. The van der Waals surface area contributed by atoms with Gasteiger partial charge in [0, 0.05) is 24.8 Å². The summed E-state index contributed by atoms with van der Waals surface area (Å²) in [4.78, 5) is 35.2. The molecular weight excluding hydrogens is 440 g/mol. The lowest BCUT2D eigenvalue weighted by Crippen LogP contribution is -2.49. The van der Waals surface area contributed by atoms with E-state index in [9.17, 15) is 9.59 Å². The van der Waals surface area contributed by atoms with Gasteiger partial charge in [0.15, 0.2) is 11.5 Å². The van der Waals surface area contributed by atoms with Crippen LogP contribution in [0.5, 0.6) is 0 Å². The predicted octanol–water partition coefficient (Wildman–Crippen LogP) is 3.18. The van der Waals surface area contributed by atoms with Crippen LogP contribution >= 0.6 is 11.5 Å². The summed E-state index contributed by atoms with van der Waals surface area (Å²) < 4.78 is 4.23. The number of amides is 3. The Morgan fingerprint density at radius 1 is 1.24 bits per heavy atom. The van der Waals surface area contributed by atoms with Crippen LogP contribution in [0.15, 0.2) is 36.5 Å². The Balaban J connectivity index is 1.45. The van der Waals surface area contributed by atoms with Gasteiger partial charge in [-0.2, -0.15) is 4.37 Å². The molecule has 0 bridgehead atoms. The smallest absolute Gasteiger partial charge is 0.319 e. The van der Waals surface area contributed by atoms with E-state index in [4.69, 9.17) is 5.73 Å². The number of benzene rings is 1. The molecule has 1 aromatic carbocycles. The van der Waals surface area contributed by atoms with Crippen molar-refractivity contribution >= 4 is 45.8 Å². The van der Waals surface area contributed by atoms with Crippen LogP contribution in [0.4, 0.5) is 27.1 Å². The molecule has 5 N–H and O–H groups in total. The topological polar surface area (TPSA) is 138 Å². The standard InChI is InChI=1S/C22H26N8O2S/c1-13-5-3-6-15(9-13)25-22(32)26-16-7-4-8-30(12-16)17-11-24-19(20(23)31)21(27-17)28-18-10-14(2)29-33-18/h3,5-6,9-11,16H,4,7-8,12H2,1-2H3,(H2,23,31)(H,27,28)(H2,25,26,32)/t16-/m1/s1. The second-order valence-corrected chi connectivity index (χ2v) is 8.81. The van der Waals surface area contributed by atoms with Crippen molar-refractivity contribution in [1.29, 1.82) is 0 Å². The van der Waals surface area contributed by atoms with Crippen molar-refractivity contribution in [3.8, 4) is 0 Å². The fourth-order valence-corrected chi connectivity index (χ4v) is 4.38. The van der Waals surface area contributed by atoms with Crippen LogP contribution in [-0.2, 0) is 0 Å². The molecule has 11 heteroatoms. The maximum Gasteiger partial charge on any atom is 0.319 e. The number of nitrogens with one attached hydrogen (secondary N) is 3. The van der Waals surface area contributed by atoms with E-state index in [2.05, 4.69) is 30.3 Å². The number of hydrogen-bond acceptors (Lipinski definition) is 8. The molecule has 0 saturated carbocycles. The van der Waals surface area contributed by atoms with Crippen LogP contribution in [0.2, 0.25) is 0 Å². The minimum absolute atomic E-state index is 0.0540. The van der Waals surface area contributed by atoms with Crippen LogP contribution < -0.4 is 26.6 Å². The summed E-state index contributed by atoms with van der Waals surface area (Å²) in [5.74, 6) is 0.231. The maximum atomic E-state index is 12.5. The van der Waals surface area contributed by atoms with Gasteiger partial charge in [-0.05, 0) is 62.0 Å². The summed E-state index contributed by atoms with van der Waals surface area (Å²) in [5.41, 5.74) is 8.24. The molecule has 1 saturated heterocycles. The number of aromatic nitrogens is 3. The zero-order valence-electron chi connectivity index (χ0n) is 18.5. The van der Waals surface area contributed by atoms with Gasteiger partial charge in [-0.25, -0.2) is 14.8 Å². The molecule has 1 aliphatic heterocycles. The lowest BCUT2D eigenvalue weighted by atomic mass is 10.1. The van der Waals surface area contributed by atoms with Crippen LogP contribution in [-0.4, -0.2) is 45.4 Å². The monoisotopic (exact) mass is 466 g/mol. The van der Waals surface area contributed by atoms with Crippen molar-refractivity contribution in [2.75, 3.05) is 28.6 Å². The number of carbonyl (C=O) groups excluding carboxylic acids is 2. The molecule has 0 spiro atoms. The predicted molar refractivity (Wildman–Crippen MR) is 129 cm³/mol. The number of nitrogens with two attached hydrogens (primary N) is 1. The zero-order chi connectivity index (χ0) is 23.4. The number of nitrogens with zero attached hydrogens (tertiary/aromatic N) is 4. The minimum atomic E-state index is -0.663. The van der Waals surface area contributed by atoms with E-state index in [1.54, 1.807) is 6.20 Å². The Morgan fingerprint density at radius 3 is 2.82 bits per heavy atom. The molecule has 1 aliphatic rings. The number of piperidine rings is 1. The number of hydrogen-bond donors (Lipinski definition) is 4. The number of rotatable bonds is 6. The van der Waals surface area contributed by atoms with Gasteiger partial charge in [-0.1, -0.05) is 12.1 Å². The Kier molecular flexibility index (Phi) is 6.68. The zero-order valence-corrected chi connectivity index (χ0v) is 19.3. The van der Waals surface area contributed by atoms with Gasteiger partial charge in [0.25, 0.3) is 5.91 Å². The van der Waals surface area contributed by atoms with E-state index in [1.165, 1.54) is 11.5 Å². The highest BCUT2D eigenvalue weighted by Gasteiger charge is 2.24. The molecule has 0 unspecified atom stereocenters. The molecule has 33 heavy (non-hydrogen) atoms. The average Bonchev–Trinajstić information content (AvgIpc) is 3.18. The number of anilines is 4. The molecule has 0 radical (unpaired) electrons. The second-order valence-electron chi connectivity index (χ2n) is 8.00. The summed E-state index contributed by atoms with van der Waals surface area (Å²) >= 11 is 1.27. The highest BCUT2D eigenvalue weighted by Crippen LogP contribution is 2.25. The van der Waals surface area contributed by atoms with Crippen molar-refractivity contribution in [3.05, 3.63) is 53.5 Å². The van der Waals surface area contributed by atoms with Crippen molar-refractivity contribution in [1.82, 2.24) is 19.7 Å². The Hall–Kier alpha value is -3.73. The van der Waals surface area contributed by atoms with Crippen LogP contribution in [0.3, 0.4) is 0 Å². The fraction of sp³-hybridized carbons (Fsp3) is 0.318. The molecule has 10 nitrogen and oxygen atoms in total. The van der Waals surface area contributed by atoms with Gasteiger partial charge in [0.05, 0.1) is 11.9 Å². The molecule has 172 valence electrons. The highest BCUT2D eigenvalue weighted by atomic mass is 32.1. The third-order valence-electron chi connectivity index (χ3n) is 5.22. The molecule has 3 heterocycles. The summed E-state index contributed by atoms with van der Waals surface area (Å²) in [6.07, 6.45) is 3.28. The molecule has 4 rings (SSSR count). The van der Waals surface area contributed by atoms with E-state index in [0.717, 1.165) is 41.3 Å². The Morgan fingerprint density at radius 2 is 2.09 bits per heavy atom. The summed E-state index contributed by atoms with van der Waals surface area (Å²) in [7, 11) is 0. The van der Waals surface area contributed by atoms with Crippen LogP contribution in [0.1, 0.15) is 34.6 Å². The van der Waals surface area contributed by atoms with Crippen molar-refractivity contribution < 1.29 is 9.59 Å². The maximum absolute atomic E-state index is 12.5. The van der Waals surface area contributed by atoms with E-state index in [-0.39, 0.29) is 23.6 Å². The van der Waals surface area contributed by atoms with E-state index in [1.807, 2.05) is 49.1 Å². The van der Waals surface area contributed by atoms with Crippen LogP contribution in [0, 0.1) is 13.8 Å². The summed E-state index contributed by atoms with van der Waals surface area (Å²) in [6.45, 7) is 5.20. The number of carbonyl (C=O) groups is 2. The molecule has 0 aliphatic carbocycles. The normalized spacial score (nSPS) is 15.7. The van der Waals surface area contributed by atoms with Gasteiger partial charge in [-0.3, -0.25) is 4.79 Å². The number of urea groups is 1. The summed E-state index contributed by atoms with van der Waals surface area (Å²) in [5, 5.41) is 9.77. The first-order valence-electron chi connectivity index (χ1n) is 10.6. The average molecular weight is 467 g/mol. The third-order valence-corrected chi connectivity index (χ3v) is 6.02. The van der Waals surface area contributed by atoms with Crippen molar-refractivity contribution in [3.63, 3.8) is 0 Å². The molecular formula is C22H26N8O2S. The number of aryl methyl sites for hydroxylation is 2. The van der Waals surface area contributed by atoms with E-state index < -0.39 is 5.91 Å². The first-order chi connectivity index (χ1) is 15.9. The number of primary amides is 1. The molecule has 2 aromatic heterocycles. The third kappa shape index (κ3) is 5.75. The van der Waals surface area contributed by atoms with E-state index >= 15 is 0 Å². The lowest BCUT2D eigenvalue weighted by molar-refractivity contribution is 0.0996. The lowest BCUT2D eigenvalue weighted by Gasteiger charge is -2.34. The first kappa shape index (κ1) is 22.5. The summed E-state index contributed by atoms with van der Waals surface area (Å²) in [6, 6.07) is 9.22. The Labute approximate surface area is 195 Å². The van der Waals surface area contributed by atoms with Crippen LogP contribution in [0.25, 0.3) is 0 Å². The van der Waals surface area contributed by atoms with E-state index in [0.29, 0.717) is 12.4 Å². The quantitative estimate of drug-likeness (QED) is 0.438. The van der Waals surface area contributed by atoms with Gasteiger partial charge < -0.3 is 26.6 Å². The molecule has 3 aromatic rings. The fourth-order valence-electron chi connectivity index (χ4n) is 3.72. The minimum Gasteiger partial charge on any atom is -0.364 e. The molecule has 3 amide bonds. The van der Waals surface area contributed by atoms with Crippen molar-refractivity contribution in [2.45, 2.75) is 32.7 Å². The van der Waals surface area contributed by atoms with Gasteiger partial charge in [-0.15, -0.1) is 0 Å². The van der Waals surface area contributed by atoms with Gasteiger partial charge in [0.2, 0.25) is 0 Å². The second kappa shape index (κ2) is 9.82. The van der Waals surface area contributed by atoms with Gasteiger partial charge in [0.1, 0.15) is 10.8 Å². The van der Waals surface area contributed by atoms with Gasteiger partial charge >= 0.3 is 6.03 Å². The molecule has 1 atom stereocenters. The van der Waals surface area contributed by atoms with Crippen molar-refractivity contribution in [2.24, 2.45) is 5.73 Å². The largest absolute Gasteiger partial charge is 0.364 e. The molecule has 1 fully saturated rings. The highest BCUT2D eigenvalue weighted by molar-refractivity contribution is 7.10. The Bertz CT molecular complexity index is 1160. The first-order valence-corrected chi connectivity index (χ1v) is 11.4.